The van der Waals surface area contributed by atoms with Crippen LogP contribution in [0.1, 0.15) is 56.6 Å². The highest BCUT2D eigenvalue weighted by molar-refractivity contribution is 5.85. The van der Waals surface area contributed by atoms with Crippen LogP contribution in [0.2, 0.25) is 0 Å². The van der Waals surface area contributed by atoms with Gasteiger partial charge in [-0.3, -0.25) is 4.79 Å². The van der Waals surface area contributed by atoms with E-state index in [0.29, 0.717) is 5.95 Å². The summed E-state index contributed by atoms with van der Waals surface area (Å²) in [4.78, 5) is 32.4. The maximum atomic E-state index is 13.6. The Balaban J connectivity index is 1.52. The molecule has 2 N–H and O–H groups in total. The van der Waals surface area contributed by atoms with E-state index in [1.165, 1.54) is 5.56 Å². The average molecular weight is 433 g/mol. The zero-order chi connectivity index (χ0) is 22.7. The van der Waals surface area contributed by atoms with Crippen LogP contribution in [0.5, 0.6) is 0 Å². The number of amides is 1. The molecule has 32 heavy (non-hydrogen) atoms. The topological polar surface area (TPSA) is 86.8 Å². The first-order chi connectivity index (χ1) is 15.5. The molecule has 0 aliphatic carbocycles. The predicted molar refractivity (Wildman–Crippen MR) is 126 cm³/mol. The second kappa shape index (κ2) is 9.51. The summed E-state index contributed by atoms with van der Waals surface area (Å²) in [6.45, 7) is 8.96. The lowest BCUT2D eigenvalue weighted by Crippen LogP contribution is -2.45. The van der Waals surface area contributed by atoms with Gasteiger partial charge in [-0.05, 0) is 43.2 Å². The van der Waals surface area contributed by atoms with Gasteiger partial charge in [0, 0.05) is 18.9 Å². The number of hydrogen-bond donors (Lipinski definition) is 2. The summed E-state index contributed by atoms with van der Waals surface area (Å²) in [6, 6.07) is 7.92. The van der Waals surface area contributed by atoms with E-state index in [9.17, 15) is 4.79 Å². The minimum absolute atomic E-state index is 0.0480. The summed E-state index contributed by atoms with van der Waals surface area (Å²) in [7, 11) is 0. The number of carbonyl (C=O) groups excluding carboxylic acids is 1. The van der Waals surface area contributed by atoms with Gasteiger partial charge in [0.2, 0.25) is 11.9 Å². The highest BCUT2D eigenvalue weighted by atomic mass is 16.2. The molecule has 1 saturated heterocycles. The molecule has 1 aliphatic heterocycles. The number of aryl methyl sites for hydroxylation is 2. The molecule has 4 rings (SSSR count). The molecular weight excluding hydrogens is 400 g/mol. The molecule has 1 aromatic carbocycles. The van der Waals surface area contributed by atoms with Crippen LogP contribution in [0.4, 0.5) is 5.95 Å². The van der Waals surface area contributed by atoms with Crippen LogP contribution in [0, 0.1) is 12.8 Å². The Morgan fingerprint density at radius 2 is 1.88 bits per heavy atom. The molecule has 0 spiro atoms. The van der Waals surface area contributed by atoms with E-state index in [4.69, 9.17) is 0 Å². The third-order valence-electron chi connectivity index (χ3n) is 6.14. The SMILES string of the molecule is CCc1cnc(N[C@H](C(=O)N2CCC[C@H]2c2ncc(-c3ccc(C)cc3)[nH]2)C(C)C)nc1. The molecular formula is C25H32N6O. The number of nitrogens with zero attached hydrogens (tertiary/aromatic N) is 4. The Bertz CT molecular complexity index is 1040. The van der Waals surface area contributed by atoms with Crippen LogP contribution >= 0.6 is 0 Å². The van der Waals surface area contributed by atoms with Crippen molar-refractivity contribution in [3.8, 4) is 11.3 Å². The van der Waals surface area contributed by atoms with E-state index in [1.54, 1.807) is 0 Å². The normalized spacial score (nSPS) is 17.0. The summed E-state index contributed by atoms with van der Waals surface area (Å²) in [5.41, 5.74) is 4.37. The van der Waals surface area contributed by atoms with Gasteiger partial charge in [-0.2, -0.15) is 0 Å². The average Bonchev–Trinajstić information content (AvgIpc) is 3.47. The number of aromatic nitrogens is 4. The Kier molecular flexibility index (Phi) is 6.53. The van der Waals surface area contributed by atoms with E-state index in [1.807, 2.05) is 37.3 Å². The van der Waals surface area contributed by atoms with E-state index >= 15 is 0 Å². The first kappa shape index (κ1) is 22.0. The van der Waals surface area contributed by atoms with Crippen molar-refractivity contribution in [1.82, 2.24) is 24.8 Å². The van der Waals surface area contributed by atoms with E-state index < -0.39 is 6.04 Å². The molecule has 0 unspecified atom stereocenters. The van der Waals surface area contributed by atoms with Gasteiger partial charge in [0.15, 0.2) is 0 Å². The molecule has 3 heterocycles. The number of anilines is 1. The Morgan fingerprint density at radius 3 is 2.53 bits per heavy atom. The summed E-state index contributed by atoms with van der Waals surface area (Å²) < 4.78 is 0. The third-order valence-corrected chi connectivity index (χ3v) is 6.14. The van der Waals surface area contributed by atoms with E-state index in [2.05, 4.69) is 63.4 Å². The monoisotopic (exact) mass is 432 g/mol. The first-order valence-electron chi connectivity index (χ1n) is 11.5. The van der Waals surface area contributed by atoms with Gasteiger partial charge in [-0.25, -0.2) is 15.0 Å². The number of benzene rings is 1. The molecule has 7 heteroatoms. The van der Waals surface area contributed by atoms with Crippen LogP contribution in [-0.4, -0.2) is 43.3 Å². The van der Waals surface area contributed by atoms with Gasteiger partial charge >= 0.3 is 0 Å². The molecule has 0 radical (unpaired) electrons. The maximum Gasteiger partial charge on any atom is 0.246 e. The molecule has 3 aromatic rings. The number of nitrogens with one attached hydrogen (secondary N) is 2. The molecule has 0 saturated carbocycles. The van der Waals surface area contributed by atoms with Crippen molar-refractivity contribution in [2.45, 2.75) is 59.0 Å². The van der Waals surface area contributed by atoms with Crippen molar-refractivity contribution in [2.24, 2.45) is 5.92 Å². The van der Waals surface area contributed by atoms with Crippen molar-refractivity contribution in [3.05, 3.63) is 59.8 Å². The first-order valence-corrected chi connectivity index (χ1v) is 11.5. The lowest BCUT2D eigenvalue weighted by Gasteiger charge is -2.30. The third kappa shape index (κ3) is 4.66. The summed E-state index contributed by atoms with van der Waals surface area (Å²) in [5, 5.41) is 3.27. The Morgan fingerprint density at radius 1 is 1.16 bits per heavy atom. The minimum atomic E-state index is -0.394. The standard InChI is InChI=1S/C25H32N6O/c1-5-18-13-27-25(28-14-18)30-22(16(2)3)24(32)31-12-6-7-21(31)23-26-15-20(29-23)19-10-8-17(4)9-11-19/h8-11,13-16,21-22H,5-7,12H2,1-4H3,(H,26,29)(H,27,28,30)/t21-,22-/m0/s1. The number of aromatic amines is 1. The number of imidazole rings is 1. The van der Waals surface area contributed by atoms with Crippen molar-refractivity contribution < 1.29 is 4.79 Å². The Hall–Kier alpha value is -3.22. The largest absolute Gasteiger partial charge is 0.342 e. The zero-order valence-corrected chi connectivity index (χ0v) is 19.3. The minimum Gasteiger partial charge on any atom is -0.342 e. The summed E-state index contributed by atoms with van der Waals surface area (Å²) in [6.07, 6.45) is 8.23. The molecule has 7 nitrogen and oxygen atoms in total. The molecule has 168 valence electrons. The van der Waals surface area contributed by atoms with E-state index in [0.717, 1.165) is 48.5 Å². The van der Waals surface area contributed by atoms with Crippen molar-refractivity contribution in [3.63, 3.8) is 0 Å². The van der Waals surface area contributed by atoms with Gasteiger partial charge in [0.05, 0.1) is 17.9 Å². The predicted octanol–water partition coefficient (Wildman–Crippen LogP) is 4.54. The van der Waals surface area contributed by atoms with Crippen molar-refractivity contribution in [1.29, 1.82) is 0 Å². The van der Waals surface area contributed by atoms with Crippen LogP contribution in [-0.2, 0) is 11.2 Å². The number of likely N-dealkylation sites (tertiary alicyclic amines) is 1. The number of carbonyl (C=O) groups is 1. The number of rotatable bonds is 7. The highest BCUT2D eigenvalue weighted by Crippen LogP contribution is 2.33. The molecule has 1 aliphatic rings. The molecule has 0 bridgehead atoms. The summed E-state index contributed by atoms with van der Waals surface area (Å²) in [5.74, 6) is 1.50. The van der Waals surface area contributed by atoms with Crippen molar-refractivity contribution in [2.75, 3.05) is 11.9 Å². The van der Waals surface area contributed by atoms with Crippen LogP contribution in [0.25, 0.3) is 11.3 Å². The summed E-state index contributed by atoms with van der Waals surface area (Å²) >= 11 is 0. The molecule has 2 aromatic heterocycles. The fraction of sp³-hybridized carbons (Fsp3) is 0.440. The Labute approximate surface area is 189 Å². The van der Waals surface area contributed by atoms with Crippen molar-refractivity contribution >= 4 is 11.9 Å². The van der Waals surface area contributed by atoms with Gasteiger partial charge in [-0.1, -0.05) is 50.6 Å². The smallest absolute Gasteiger partial charge is 0.246 e. The highest BCUT2D eigenvalue weighted by Gasteiger charge is 2.37. The number of hydrogen-bond acceptors (Lipinski definition) is 5. The lowest BCUT2D eigenvalue weighted by atomic mass is 10.0. The lowest BCUT2D eigenvalue weighted by molar-refractivity contribution is -0.134. The fourth-order valence-electron chi connectivity index (χ4n) is 4.14. The van der Waals surface area contributed by atoms with E-state index in [-0.39, 0.29) is 17.9 Å². The van der Waals surface area contributed by atoms with Crippen LogP contribution in [0.15, 0.2) is 42.9 Å². The maximum absolute atomic E-state index is 13.6. The van der Waals surface area contributed by atoms with Crippen LogP contribution < -0.4 is 5.32 Å². The molecule has 1 amide bonds. The van der Waals surface area contributed by atoms with Gasteiger partial charge < -0.3 is 15.2 Å². The van der Waals surface area contributed by atoms with Crippen LogP contribution in [0.3, 0.4) is 0 Å². The second-order valence-corrected chi connectivity index (χ2v) is 8.87. The number of H-pyrrole nitrogens is 1. The second-order valence-electron chi connectivity index (χ2n) is 8.87. The van der Waals surface area contributed by atoms with Gasteiger partial charge in [0.25, 0.3) is 0 Å². The van der Waals surface area contributed by atoms with Gasteiger partial charge in [-0.15, -0.1) is 0 Å². The quantitative estimate of drug-likeness (QED) is 0.572. The zero-order valence-electron chi connectivity index (χ0n) is 19.3. The van der Waals surface area contributed by atoms with Gasteiger partial charge in [0.1, 0.15) is 11.9 Å². The molecule has 1 fully saturated rings. The fourth-order valence-corrected chi connectivity index (χ4v) is 4.14. The molecule has 2 atom stereocenters.